The minimum atomic E-state index is -2.13. The Labute approximate surface area is 133 Å². The number of urea groups is 1. The van der Waals surface area contributed by atoms with Crippen LogP contribution in [0, 0.1) is 0 Å². The van der Waals surface area contributed by atoms with E-state index in [1.165, 1.54) is 11.9 Å². The van der Waals surface area contributed by atoms with Crippen molar-refractivity contribution in [3.63, 3.8) is 0 Å². The quantitative estimate of drug-likeness (QED) is 0.745. The Morgan fingerprint density at radius 1 is 1.17 bits per heavy atom. The van der Waals surface area contributed by atoms with Gasteiger partial charge in [-0.25, -0.2) is 9.18 Å². The fourth-order valence-corrected chi connectivity index (χ4v) is 4.26. The maximum Gasteiger partial charge on any atom is 0.326 e. The van der Waals surface area contributed by atoms with Gasteiger partial charge >= 0.3 is 6.03 Å². The van der Waals surface area contributed by atoms with Gasteiger partial charge in [-0.3, -0.25) is 9.69 Å². The molecule has 0 spiro atoms. The summed E-state index contributed by atoms with van der Waals surface area (Å²) in [5.41, 5.74) is -0.410. The Morgan fingerprint density at radius 3 is 2.61 bits per heavy atom. The first-order valence-corrected chi connectivity index (χ1v) is 7.51. The molecule has 3 aliphatic carbocycles. The molecule has 1 fully saturated rings. The molecular formula is C17H17FN2O3. The molecule has 0 N–H and O–H groups in total. The number of carbonyl (C=O) groups is 2. The third kappa shape index (κ3) is 1.51. The van der Waals surface area contributed by atoms with E-state index in [1.54, 1.807) is 26.3 Å². The lowest BCUT2D eigenvalue weighted by atomic mass is 9.59. The van der Waals surface area contributed by atoms with E-state index in [4.69, 9.17) is 4.74 Å². The molecule has 23 heavy (non-hydrogen) atoms. The molecule has 4 aliphatic rings. The van der Waals surface area contributed by atoms with Crippen molar-refractivity contribution in [1.82, 2.24) is 9.80 Å². The van der Waals surface area contributed by atoms with Crippen LogP contribution < -0.4 is 4.74 Å². The molecule has 4 atom stereocenters. The van der Waals surface area contributed by atoms with Gasteiger partial charge in [0.2, 0.25) is 5.67 Å². The zero-order valence-corrected chi connectivity index (χ0v) is 13.1. The van der Waals surface area contributed by atoms with Gasteiger partial charge in [-0.15, -0.1) is 0 Å². The van der Waals surface area contributed by atoms with E-state index < -0.39 is 29.6 Å². The summed E-state index contributed by atoms with van der Waals surface area (Å²) in [6.07, 6.45) is 3.66. The average molecular weight is 316 g/mol. The van der Waals surface area contributed by atoms with Gasteiger partial charge in [-0.05, 0) is 23.3 Å². The second-order valence-electron chi connectivity index (χ2n) is 6.35. The molecule has 2 bridgehead atoms. The normalized spacial score (nSPS) is 34.5. The molecule has 0 saturated carbocycles. The van der Waals surface area contributed by atoms with Crippen LogP contribution in [0.2, 0.25) is 0 Å². The zero-order valence-electron chi connectivity index (χ0n) is 13.1. The van der Waals surface area contributed by atoms with Gasteiger partial charge in [0.05, 0.1) is 13.2 Å². The molecule has 4 unspecified atom stereocenters. The summed E-state index contributed by atoms with van der Waals surface area (Å²) in [6, 6.07) is 4.16. The van der Waals surface area contributed by atoms with Crippen molar-refractivity contribution in [2.45, 2.75) is 23.5 Å². The molecule has 0 aromatic heterocycles. The number of carbonyl (C=O) groups excluding carboxylic acids is 2. The molecule has 1 aliphatic heterocycles. The SMILES string of the molecule is COc1ccc2c(c1)C1C=CC2C2(F)C(=O)N(C)C(=O)N(C)C12. The van der Waals surface area contributed by atoms with Gasteiger partial charge in [0.25, 0.3) is 5.91 Å². The summed E-state index contributed by atoms with van der Waals surface area (Å²) in [5, 5.41) is 0. The third-order valence-corrected chi connectivity index (χ3v) is 5.36. The Bertz CT molecular complexity index is 762. The number of alkyl halides is 1. The van der Waals surface area contributed by atoms with Gasteiger partial charge < -0.3 is 9.64 Å². The van der Waals surface area contributed by atoms with E-state index in [0.717, 1.165) is 16.0 Å². The summed E-state index contributed by atoms with van der Waals surface area (Å²) in [7, 11) is 4.46. The molecule has 1 aromatic carbocycles. The monoisotopic (exact) mass is 316 g/mol. The summed E-state index contributed by atoms with van der Waals surface area (Å²) >= 11 is 0. The van der Waals surface area contributed by atoms with Crippen LogP contribution in [0.1, 0.15) is 23.0 Å². The lowest BCUT2D eigenvalue weighted by Gasteiger charge is -2.55. The first kappa shape index (κ1) is 14.2. The second kappa shape index (κ2) is 4.34. The fraction of sp³-hybridized carbons (Fsp3) is 0.412. The van der Waals surface area contributed by atoms with Crippen molar-refractivity contribution in [3.05, 3.63) is 41.5 Å². The van der Waals surface area contributed by atoms with Crippen molar-refractivity contribution in [2.24, 2.45) is 0 Å². The highest BCUT2D eigenvalue weighted by Gasteiger charge is 2.66. The third-order valence-electron chi connectivity index (χ3n) is 5.36. The number of hydrogen-bond donors (Lipinski definition) is 0. The number of benzene rings is 1. The van der Waals surface area contributed by atoms with Gasteiger partial charge in [0.15, 0.2) is 0 Å². The minimum Gasteiger partial charge on any atom is -0.497 e. The van der Waals surface area contributed by atoms with Gasteiger partial charge in [0.1, 0.15) is 5.75 Å². The minimum absolute atomic E-state index is 0.360. The lowest BCUT2D eigenvalue weighted by molar-refractivity contribution is -0.153. The molecule has 1 saturated heterocycles. The Balaban J connectivity index is 1.95. The van der Waals surface area contributed by atoms with Gasteiger partial charge in [-0.1, -0.05) is 18.2 Å². The van der Waals surface area contributed by atoms with Crippen LogP contribution in [0.3, 0.4) is 0 Å². The summed E-state index contributed by atoms with van der Waals surface area (Å²) in [4.78, 5) is 27.1. The number of ether oxygens (including phenoxy) is 1. The Hall–Kier alpha value is -2.37. The summed E-state index contributed by atoms with van der Waals surface area (Å²) in [6.45, 7) is 0. The van der Waals surface area contributed by atoms with E-state index in [0.29, 0.717) is 5.75 Å². The number of methoxy groups -OCH3 is 1. The molecular weight excluding hydrogens is 299 g/mol. The Kier molecular flexibility index (Phi) is 2.69. The highest BCUT2D eigenvalue weighted by atomic mass is 19.1. The standard InChI is InChI=1S/C17H17FN2O3/c1-19-14-11-6-7-13(10-5-4-9(23-3)8-12(10)11)17(14,18)15(21)20(2)16(19)22/h4-8,11,13-14H,1-3H3. The molecule has 5 nitrogen and oxygen atoms in total. The van der Waals surface area contributed by atoms with Crippen LogP contribution in [-0.2, 0) is 4.79 Å². The first-order chi connectivity index (χ1) is 10.9. The van der Waals surface area contributed by atoms with E-state index in [2.05, 4.69) is 0 Å². The van der Waals surface area contributed by atoms with Crippen LogP contribution >= 0.6 is 0 Å². The first-order valence-electron chi connectivity index (χ1n) is 7.51. The van der Waals surface area contributed by atoms with Crippen molar-refractivity contribution in [1.29, 1.82) is 0 Å². The van der Waals surface area contributed by atoms with Crippen LogP contribution in [0.4, 0.5) is 9.18 Å². The number of imide groups is 1. The Morgan fingerprint density at radius 2 is 1.91 bits per heavy atom. The maximum absolute atomic E-state index is 16.0. The van der Waals surface area contributed by atoms with E-state index in [1.807, 2.05) is 18.2 Å². The predicted molar refractivity (Wildman–Crippen MR) is 81.2 cm³/mol. The molecule has 6 heteroatoms. The molecule has 5 rings (SSSR count). The fourth-order valence-electron chi connectivity index (χ4n) is 4.26. The van der Waals surface area contributed by atoms with Crippen molar-refractivity contribution >= 4 is 11.9 Å². The van der Waals surface area contributed by atoms with E-state index in [9.17, 15) is 9.59 Å². The summed E-state index contributed by atoms with van der Waals surface area (Å²) in [5.74, 6) is -1.13. The highest BCUT2D eigenvalue weighted by molar-refractivity contribution is 6.03. The van der Waals surface area contributed by atoms with Crippen LogP contribution in [-0.4, -0.2) is 54.7 Å². The number of likely N-dealkylation sites (N-methyl/N-ethyl adjacent to an activating group) is 1. The number of allylic oxidation sites excluding steroid dienone is 1. The van der Waals surface area contributed by atoms with Crippen LogP contribution in [0.5, 0.6) is 5.75 Å². The number of rotatable bonds is 1. The highest BCUT2D eigenvalue weighted by Crippen LogP contribution is 2.56. The number of amides is 3. The smallest absolute Gasteiger partial charge is 0.326 e. The maximum atomic E-state index is 16.0. The van der Waals surface area contributed by atoms with Crippen LogP contribution in [0.15, 0.2) is 30.4 Å². The second-order valence-corrected chi connectivity index (χ2v) is 6.35. The lowest BCUT2D eigenvalue weighted by Crippen LogP contribution is -2.72. The zero-order chi connectivity index (χ0) is 16.5. The van der Waals surface area contributed by atoms with Crippen LogP contribution in [0.25, 0.3) is 0 Å². The van der Waals surface area contributed by atoms with Crippen molar-refractivity contribution < 1.29 is 18.7 Å². The van der Waals surface area contributed by atoms with Gasteiger partial charge in [-0.2, -0.15) is 0 Å². The number of hydrogen-bond acceptors (Lipinski definition) is 3. The van der Waals surface area contributed by atoms with Crippen molar-refractivity contribution in [2.75, 3.05) is 21.2 Å². The number of nitrogens with zero attached hydrogens (tertiary/aromatic N) is 2. The molecule has 3 amide bonds. The largest absolute Gasteiger partial charge is 0.497 e. The molecule has 1 aromatic rings. The van der Waals surface area contributed by atoms with Gasteiger partial charge in [0, 0.05) is 25.9 Å². The molecule has 0 radical (unpaired) electrons. The summed E-state index contributed by atoms with van der Waals surface area (Å²) < 4.78 is 21.2. The number of halogens is 1. The topological polar surface area (TPSA) is 49.9 Å². The van der Waals surface area contributed by atoms with E-state index in [-0.39, 0.29) is 5.92 Å². The predicted octanol–water partition coefficient (Wildman–Crippen LogP) is 2.05. The van der Waals surface area contributed by atoms with E-state index >= 15 is 4.39 Å². The average Bonchev–Trinajstić information content (AvgIpc) is 2.58. The molecule has 120 valence electrons. The molecule has 1 heterocycles. The van der Waals surface area contributed by atoms with Crippen molar-refractivity contribution in [3.8, 4) is 5.75 Å².